The van der Waals surface area contributed by atoms with Crippen molar-refractivity contribution in [2.45, 2.75) is 20.4 Å². The van der Waals surface area contributed by atoms with Gasteiger partial charge in [-0.25, -0.2) is 0 Å². The quantitative estimate of drug-likeness (QED) is 0.868. The summed E-state index contributed by atoms with van der Waals surface area (Å²) in [5.74, 6) is 0.650. The summed E-state index contributed by atoms with van der Waals surface area (Å²) in [6.45, 7) is 4.05. The number of rotatable bonds is 3. The third-order valence-electron chi connectivity index (χ3n) is 2.48. The van der Waals surface area contributed by atoms with Crippen LogP contribution in [0.2, 0.25) is 0 Å². The van der Waals surface area contributed by atoms with Crippen LogP contribution >= 0.6 is 0 Å². The molecule has 2 aromatic heterocycles. The highest BCUT2D eigenvalue weighted by atomic mass is 16.5. The molecule has 0 unspecified atom stereocenters. The second-order valence-electron chi connectivity index (χ2n) is 4.00. The highest BCUT2D eigenvalue weighted by Crippen LogP contribution is 2.10. The minimum Gasteiger partial charge on any atom is -0.361 e. The normalized spacial score (nSPS) is 10.5. The van der Waals surface area contributed by atoms with E-state index in [1.54, 1.807) is 11.9 Å². The molecule has 0 spiro atoms. The van der Waals surface area contributed by atoms with Gasteiger partial charge < -0.3 is 9.42 Å². The Bertz CT molecular complexity index is 529. The number of carbonyl (C=O) groups excluding carboxylic acids is 1. The molecule has 1 N–H and O–H groups in total. The molecule has 0 aromatic carbocycles. The van der Waals surface area contributed by atoms with Crippen LogP contribution in [0.1, 0.15) is 27.5 Å². The summed E-state index contributed by atoms with van der Waals surface area (Å²) < 4.78 is 4.95. The number of aryl methyl sites for hydroxylation is 2. The number of hydrogen-bond donors (Lipinski definition) is 1. The standard InChI is InChI=1S/C11H14N4O2/c1-7-4-9(14-17-7)6-15(3)11(16)10-5-12-13-8(10)2/h4-5H,6H2,1-3H3,(H,12,13). The molecule has 0 fully saturated rings. The van der Waals surface area contributed by atoms with E-state index in [-0.39, 0.29) is 5.91 Å². The van der Waals surface area contributed by atoms with E-state index in [0.717, 1.165) is 17.1 Å². The average Bonchev–Trinajstić information content (AvgIpc) is 2.86. The summed E-state index contributed by atoms with van der Waals surface area (Å²) >= 11 is 0. The van der Waals surface area contributed by atoms with Crippen molar-refractivity contribution >= 4 is 5.91 Å². The maximum atomic E-state index is 12.0. The van der Waals surface area contributed by atoms with Gasteiger partial charge in [0, 0.05) is 18.8 Å². The first-order chi connectivity index (χ1) is 8.08. The molecule has 0 saturated heterocycles. The Morgan fingerprint density at radius 3 is 2.82 bits per heavy atom. The minimum atomic E-state index is -0.0862. The van der Waals surface area contributed by atoms with E-state index in [1.807, 2.05) is 19.9 Å². The molecular formula is C11H14N4O2. The lowest BCUT2D eigenvalue weighted by atomic mass is 10.2. The molecule has 0 atom stereocenters. The van der Waals surface area contributed by atoms with Gasteiger partial charge in [-0.2, -0.15) is 5.10 Å². The number of aromatic nitrogens is 3. The Morgan fingerprint density at radius 2 is 2.29 bits per heavy atom. The van der Waals surface area contributed by atoms with Gasteiger partial charge >= 0.3 is 0 Å². The van der Waals surface area contributed by atoms with Crippen LogP contribution in [0, 0.1) is 13.8 Å². The van der Waals surface area contributed by atoms with Crippen LogP contribution in [0.15, 0.2) is 16.8 Å². The fraction of sp³-hybridized carbons (Fsp3) is 0.364. The first-order valence-electron chi connectivity index (χ1n) is 5.25. The van der Waals surface area contributed by atoms with Crippen molar-refractivity contribution in [1.82, 2.24) is 20.3 Å². The zero-order valence-electron chi connectivity index (χ0n) is 10.0. The molecule has 0 saturated carbocycles. The number of nitrogens with one attached hydrogen (secondary N) is 1. The van der Waals surface area contributed by atoms with E-state index < -0.39 is 0 Å². The molecule has 0 aliphatic heterocycles. The zero-order chi connectivity index (χ0) is 12.4. The van der Waals surface area contributed by atoms with Gasteiger partial charge in [-0.3, -0.25) is 9.89 Å². The molecule has 0 aliphatic carbocycles. The van der Waals surface area contributed by atoms with Crippen LogP contribution in [0.3, 0.4) is 0 Å². The molecule has 2 heterocycles. The number of nitrogens with zero attached hydrogens (tertiary/aromatic N) is 3. The lowest BCUT2D eigenvalue weighted by Crippen LogP contribution is -2.26. The Balaban J connectivity index is 2.08. The summed E-state index contributed by atoms with van der Waals surface area (Å²) in [7, 11) is 1.72. The number of aromatic amines is 1. The van der Waals surface area contributed by atoms with Crippen LogP contribution in [0.5, 0.6) is 0 Å². The fourth-order valence-corrected chi connectivity index (χ4v) is 1.58. The molecule has 2 rings (SSSR count). The van der Waals surface area contributed by atoms with Crippen molar-refractivity contribution in [3.63, 3.8) is 0 Å². The summed E-state index contributed by atoms with van der Waals surface area (Å²) in [4.78, 5) is 13.6. The van der Waals surface area contributed by atoms with E-state index in [4.69, 9.17) is 4.52 Å². The third-order valence-corrected chi connectivity index (χ3v) is 2.48. The van der Waals surface area contributed by atoms with Crippen LogP contribution in [0.4, 0.5) is 0 Å². The van der Waals surface area contributed by atoms with Crippen molar-refractivity contribution in [3.05, 3.63) is 35.0 Å². The second kappa shape index (κ2) is 4.40. The van der Waals surface area contributed by atoms with Gasteiger partial charge in [0.15, 0.2) is 0 Å². The van der Waals surface area contributed by atoms with E-state index in [0.29, 0.717) is 12.1 Å². The largest absolute Gasteiger partial charge is 0.361 e. The predicted molar refractivity (Wildman–Crippen MR) is 60.4 cm³/mol. The predicted octanol–water partition coefficient (Wildman–Crippen LogP) is 1.29. The van der Waals surface area contributed by atoms with E-state index >= 15 is 0 Å². The van der Waals surface area contributed by atoms with Gasteiger partial charge in [0.25, 0.3) is 5.91 Å². The van der Waals surface area contributed by atoms with Crippen molar-refractivity contribution in [2.75, 3.05) is 7.05 Å². The molecule has 0 bridgehead atoms. The molecule has 17 heavy (non-hydrogen) atoms. The topological polar surface area (TPSA) is 75.0 Å². The Labute approximate surface area is 98.6 Å². The molecule has 1 amide bonds. The van der Waals surface area contributed by atoms with Gasteiger partial charge in [0.2, 0.25) is 0 Å². The highest BCUT2D eigenvalue weighted by molar-refractivity contribution is 5.94. The maximum Gasteiger partial charge on any atom is 0.257 e. The van der Waals surface area contributed by atoms with Crippen LogP contribution in [0.25, 0.3) is 0 Å². The minimum absolute atomic E-state index is 0.0862. The third kappa shape index (κ3) is 2.35. The SMILES string of the molecule is Cc1cc(CN(C)C(=O)c2cn[nH]c2C)no1. The first kappa shape index (κ1) is 11.4. The Hall–Kier alpha value is -2.11. The summed E-state index contributed by atoms with van der Waals surface area (Å²) in [5.41, 5.74) is 2.07. The first-order valence-corrected chi connectivity index (χ1v) is 5.25. The van der Waals surface area contributed by atoms with Crippen LogP contribution in [-0.4, -0.2) is 33.2 Å². The fourth-order valence-electron chi connectivity index (χ4n) is 1.58. The van der Waals surface area contributed by atoms with Gasteiger partial charge in [-0.1, -0.05) is 5.16 Å². The monoisotopic (exact) mass is 234 g/mol. The van der Waals surface area contributed by atoms with Crippen molar-refractivity contribution in [1.29, 1.82) is 0 Å². The maximum absolute atomic E-state index is 12.0. The van der Waals surface area contributed by atoms with Crippen LogP contribution in [-0.2, 0) is 6.54 Å². The number of carbonyl (C=O) groups is 1. The van der Waals surface area contributed by atoms with Gasteiger partial charge in [-0.15, -0.1) is 0 Å². The smallest absolute Gasteiger partial charge is 0.257 e. The molecular weight excluding hydrogens is 220 g/mol. The van der Waals surface area contributed by atoms with Gasteiger partial charge in [-0.05, 0) is 13.8 Å². The number of H-pyrrole nitrogens is 1. The molecule has 2 aromatic rings. The van der Waals surface area contributed by atoms with Gasteiger partial charge in [0.05, 0.1) is 18.3 Å². The molecule has 90 valence electrons. The summed E-state index contributed by atoms with van der Waals surface area (Å²) in [5, 5.41) is 10.4. The number of amides is 1. The summed E-state index contributed by atoms with van der Waals surface area (Å²) in [6.07, 6.45) is 1.53. The second-order valence-corrected chi connectivity index (χ2v) is 4.00. The zero-order valence-corrected chi connectivity index (χ0v) is 10.0. The number of hydrogen-bond acceptors (Lipinski definition) is 4. The Morgan fingerprint density at radius 1 is 1.53 bits per heavy atom. The molecule has 0 aliphatic rings. The molecule has 6 heteroatoms. The van der Waals surface area contributed by atoms with Crippen molar-refractivity contribution in [3.8, 4) is 0 Å². The Kier molecular flexibility index (Phi) is 2.95. The van der Waals surface area contributed by atoms with Gasteiger partial charge in [0.1, 0.15) is 11.5 Å². The molecule has 0 radical (unpaired) electrons. The van der Waals surface area contributed by atoms with E-state index in [9.17, 15) is 4.79 Å². The average molecular weight is 234 g/mol. The summed E-state index contributed by atoms with van der Waals surface area (Å²) in [6, 6.07) is 1.81. The highest BCUT2D eigenvalue weighted by Gasteiger charge is 2.16. The lowest BCUT2D eigenvalue weighted by molar-refractivity contribution is 0.0781. The van der Waals surface area contributed by atoms with Crippen molar-refractivity contribution in [2.24, 2.45) is 0 Å². The van der Waals surface area contributed by atoms with E-state index in [2.05, 4.69) is 15.4 Å². The van der Waals surface area contributed by atoms with Crippen molar-refractivity contribution < 1.29 is 9.32 Å². The lowest BCUT2D eigenvalue weighted by Gasteiger charge is -2.14. The molecule has 6 nitrogen and oxygen atoms in total. The van der Waals surface area contributed by atoms with E-state index in [1.165, 1.54) is 6.20 Å². The van der Waals surface area contributed by atoms with Crippen LogP contribution < -0.4 is 0 Å².